The molecule has 0 aliphatic rings. The summed E-state index contributed by atoms with van der Waals surface area (Å²) in [5.41, 5.74) is 1.76. The predicted molar refractivity (Wildman–Crippen MR) is 91.6 cm³/mol. The van der Waals surface area contributed by atoms with Gasteiger partial charge in [-0.25, -0.2) is 13.1 Å². The molecule has 0 spiro atoms. The number of benzene rings is 2. The summed E-state index contributed by atoms with van der Waals surface area (Å²) in [7, 11) is -0.716. The van der Waals surface area contributed by atoms with Crippen LogP contribution < -0.4 is 14.8 Å². The van der Waals surface area contributed by atoms with Crippen molar-refractivity contribution in [3.8, 4) is 5.75 Å². The first-order valence-electron chi connectivity index (χ1n) is 7.33. The lowest BCUT2D eigenvalue weighted by Gasteiger charge is -2.12. The largest absolute Gasteiger partial charge is 0.496 e. The number of ether oxygens (including phenoxy) is 1. The number of amides is 1. The molecule has 0 unspecified atom stereocenters. The maximum atomic E-state index is 12.5. The molecule has 1 amide bonds. The number of nitrogens with one attached hydrogen (secondary N) is 2. The van der Waals surface area contributed by atoms with Gasteiger partial charge in [-0.15, -0.1) is 0 Å². The van der Waals surface area contributed by atoms with Gasteiger partial charge in [0.25, 0.3) is 5.91 Å². The molecule has 2 aromatic carbocycles. The summed E-state index contributed by atoms with van der Waals surface area (Å²) < 4.78 is 32.7. The summed E-state index contributed by atoms with van der Waals surface area (Å²) in [4.78, 5) is 11.9. The molecule has 6 nitrogen and oxygen atoms in total. The maximum Gasteiger partial charge on any atom is 0.251 e. The number of carbonyl (C=O) groups is 1. The van der Waals surface area contributed by atoms with Crippen molar-refractivity contribution in [2.75, 3.05) is 14.2 Å². The molecule has 24 heavy (non-hydrogen) atoms. The number of para-hydroxylation sites is 1. The van der Waals surface area contributed by atoms with Crippen LogP contribution in [0.3, 0.4) is 0 Å². The van der Waals surface area contributed by atoms with Gasteiger partial charge in [-0.3, -0.25) is 4.79 Å². The minimum atomic E-state index is -3.75. The Morgan fingerprint density at radius 1 is 1.17 bits per heavy atom. The number of methoxy groups -OCH3 is 1. The van der Waals surface area contributed by atoms with E-state index in [4.69, 9.17) is 4.74 Å². The van der Waals surface area contributed by atoms with Gasteiger partial charge < -0.3 is 10.1 Å². The van der Waals surface area contributed by atoms with Crippen molar-refractivity contribution >= 4 is 15.9 Å². The average Bonchev–Trinajstić information content (AvgIpc) is 2.59. The molecule has 0 saturated heterocycles. The quantitative estimate of drug-likeness (QED) is 0.834. The van der Waals surface area contributed by atoms with Crippen molar-refractivity contribution in [1.29, 1.82) is 0 Å². The number of rotatable bonds is 6. The fraction of sp³-hybridized carbons (Fsp3) is 0.235. The molecule has 0 radical (unpaired) electrons. The highest BCUT2D eigenvalue weighted by molar-refractivity contribution is 7.89. The van der Waals surface area contributed by atoms with Crippen LogP contribution in [-0.4, -0.2) is 28.5 Å². The number of hydrogen-bond donors (Lipinski definition) is 2. The second-order valence-electron chi connectivity index (χ2n) is 5.19. The first-order valence-corrected chi connectivity index (χ1v) is 8.81. The Kier molecular flexibility index (Phi) is 5.58. The number of hydrogen-bond acceptors (Lipinski definition) is 4. The summed E-state index contributed by atoms with van der Waals surface area (Å²) in [6.45, 7) is 1.85. The Balaban J connectivity index is 2.26. The second-order valence-corrected chi connectivity index (χ2v) is 6.96. The SMILES string of the molecule is CNC(=O)c1cc(S(=O)(=O)NCc2ccccc2OC)ccc1C. The van der Waals surface area contributed by atoms with Crippen LogP contribution in [0.4, 0.5) is 0 Å². The fourth-order valence-electron chi connectivity index (χ4n) is 2.25. The first-order chi connectivity index (χ1) is 11.4. The Morgan fingerprint density at radius 2 is 1.88 bits per heavy atom. The second kappa shape index (κ2) is 7.46. The van der Waals surface area contributed by atoms with E-state index < -0.39 is 10.0 Å². The Hall–Kier alpha value is -2.38. The molecular formula is C17H20N2O4S. The molecule has 0 bridgehead atoms. The van der Waals surface area contributed by atoms with E-state index in [9.17, 15) is 13.2 Å². The Morgan fingerprint density at radius 3 is 2.54 bits per heavy atom. The van der Waals surface area contributed by atoms with Gasteiger partial charge in [0.2, 0.25) is 10.0 Å². The monoisotopic (exact) mass is 348 g/mol. The number of carbonyl (C=O) groups excluding carboxylic acids is 1. The minimum Gasteiger partial charge on any atom is -0.496 e. The topological polar surface area (TPSA) is 84.5 Å². The van der Waals surface area contributed by atoms with Crippen LogP contribution in [0.25, 0.3) is 0 Å². The first kappa shape index (κ1) is 18.0. The third kappa shape index (κ3) is 3.93. The van der Waals surface area contributed by atoms with E-state index >= 15 is 0 Å². The van der Waals surface area contributed by atoms with Crippen LogP contribution in [0.15, 0.2) is 47.4 Å². The van der Waals surface area contributed by atoms with E-state index in [1.165, 1.54) is 26.3 Å². The van der Waals surface area contributed by atoms with Crippen molar-refractivity contribution in [2.24, 2.45) is 0 Å². The lowest BCUT2D eigenvalue weighted by Crippen LogP contribution is -2.25. The summed E-state index contributed by atoms with van der Waals surface area (Å²) in [6, 6.07) is 11.6. The highest BCUT2D eigenvalue weighted by Gasteiger charge is 2.18. The van der Waals surface area contributed by atoms with Crippen molar-refractivity contribution in [2.45, 2.75) is 18.4 Å². The highest BCUT2D eigenvalue weighted by Crippen LogP contribution is 2.19. The molecule has 0 atom stereocenters. The third-order valence-corrected chi connectivity index (χ3v) is 5.04. The van der Waals surface area contributed by atoms with Crippen molar-refractivity contribution in [3.63, 3.8) is 0 Å². The smallest absolute Gasteiger partial charge is 0.251 e. The van der Waals surface area contributed by atoms with Gasteiger partial charge in [0.1, 0.15) is 5.75 Å². The van der Waals surface area contributed by atoms with Gasteiger partial charge >= 0.3 is 0 Å². The molecule has 0 saturated carbocycles. The lowest BCUT2D eigenvalue weighted by molar-refractivity contribution is 0.0962. The maximum absolute atomic E-state index is 12.5. The summed E-state index contributed by atoms with van der Waals surface area (Å²) >= 11 is 0. The zero-order chi connectivity index (χ0) is 17.7. The van der Waals surface area contributed by atoms with E-state index in [-0.39, 0.29) is 17.3 Å². The lowest BCUT2D eigenvalue weighted by atomic mass is 10.1. The normalized spacial score (nSPS) is 11.1. The number of aryl methyl sites for hydroxylation is 1. The standard InChI is InChI=1S/C17H20N2O4S/c1-12-8-9-14(10-15(12)17(20)18-2)24(21,22)19-11-13-6-4-5-7-16(13)23-3/h4-10,19H,11H2,1-3H3,(H,18,20). The molecule has 7 heteroatoms. The minimum absolute atomic E-state index is 0.0431. The highest BCUT2D eigenvalue weighted by atomic mass is 32.2. The van der Waals surface area contributed by atoms with Crippen LogP contribution in [-0.2, 0) is 16.6 Å². The molecule has 0 aromatic heterocycles. The molecule has 0 aliphatic carbocycles. The van der Waals surface area contributed by atoms with Gasteiger partial charge in [-0.2, -0.15) is 0 Å². The van der Waals surface area contributed by atoms with E-state index in [1.807, 2.05) is 12.1 Å². The summed E-state index contributed by atoms with van der Waals surface area (Å²) in [5.74, 6) is 0.282. The van der Waals surface area contributed by atoms with Crippen molar-refractivity contribution in [3.05, 3.63) is 59.2 Å². The summed E-state index contributed by atoms with van der Waals surface area (Å²) in [5, 5.41) is 2.50. The molecule has 128 valence electrons. The molecule has 0 fully saturated rings. The zero-order valence-electron chi connectivity index (χ0n) is 13.8. The van der Waals surface area contributed by atoms with E-state index in [1.54, 1.807) is 25.1 Å². The zero-order valence-corrected chi connectivity index (χ0v) is 14.6. The predicted octanol–water partition coefficient (Wildman–Crippen LogP) is 1.84. The van der Waals surface area contributed by atoms with Crippen LogP contribution in [0.2, 0.25) is 0 Å². The van der Waals surface area contributed by atoms with Gasteiger partial charge in [-0.1, -0.05) is 24.3 Å². The molecule has 0 aliphatic heterocycles. The molecule has 2 rings (SSSR count). The number of sulfonamides is 1. The van der Waals surface area contributed by atoms with Gasteiger partial charge in [0, 0.05) is 24.7 Å². The summed E-state index contributed by atoms with van der Waals surface area (Å²) in [6.07, 6.45) is 0. The van der Waals surface area contributed by atoms with E-state index in [0.717, 1.165) is 5.56 Å². The molecule has 2 aromatic rings. The molecule has 0 heterocycles. The Labute approximate surface area is 141 Å². The van der Waals surface area contributed by atoms with E-state index in [0.29, 0.717) is 16.9 Å². The fourth-order valence-corrected chi connectivity index (χ4v) is 3.29. The van der Waals surface area contributed by atoms with Crippen LogP contribution in [0, 0.1) is 6.92 Å². The molecular weight excluding hydrogens is 328 g/mol. The Bertz CT molecular complexity index is 847. The van der Waals surface area contributed by atoms with Crippen LogP contribution in [0.1, 0.15) is 21.5 Å². The van der Waals surface area contributed by atoms with Crippen molar-refractivity contribution < 1.29 is 17.9 Å². The van der Waals surface area contributed by atoms with Gasteiger partial charge in [0.15, 0.2) is 0 Å². The van der Waals surface area contributed by atoms with Gasteiger partial charge in [0.05, 0.1) is 12.0 Å². The van der Waals surface area contributed by atoms with E-state index in [2.05, 4.69) is 10.0 Å². The van der Waals surface area contributed by atoms with Crippen LogP contribution >= 0.6 is 0 Å². The average molecular weight is 348 g/mol. The third-order valence-electron chi connectivity index (χ3n) is 3.64. The molecule has 2 N–H and O–H groups in total. The van der Waals surface area contributed by atoms with Crippen LogP contribution in [0.5, 0.6) is 5.75 Å². The van der Waals surface area contributed by atoms with Crippen molar-refractivity contribution in [1.82, 2.24) is 10.0 Å². The van der Waals surface area contributed by atoms with Gasteiger partial charge in [-0.05, 0) is 30.7 Å².